The predicted octanol–water partition coefficient (Wildman–Crippen LogP) is 1.27. The minimum absolute atomic E-state index is 0.0175. The van der Waals surface area contributed by atoms with Gasteiger partial charge in [-0.3, -0.25) is 19.6 Å². The molecule has 0 saturated carbocycles. The fourth-order valence-corrected chi connectivity index (χ4v) is 1.33. The second-order valence-electron chi connectivity index (χ2n) is 3.09. The molecule has 4 nitrogen and oxygen atoms in total. The third-order valence-corrected chi connectivity index (χ3v) is 2.39. The molecule has 82 valence electrons. The van der Waals surface area contributed by atoms with Gasteiger partial charge in [0.2, 0.25) is 11.8 Å². The molecule has 0 N–H and O–H groups in total. The van der Waals surface area contributed by atoms with Crippen LogP contribution >= 0.6 is 0 Å². The Labute approximate surface area is 85.8 Å². The summed E-state index contributed by atoms with van der Waals surface area (Å²) in [5.74, 6) is -0.0535. The molecule has 0 aromatic carbocycles. The van der Waals surface area contributed by atoms with Crippen molar-refractivity contribution in [2.45, 2.75) is 33.6 Å². The van der Waals surface area contributed by atoms with Crippen molar-refractivity contribution < 1.29 is 9.59 Å². The molecule has 1 heterocycles. The van der Waals surface area contributed by atoms with Gasteiger partial charge in [-0.1, -0.05) is 20.8 Å². The highest BCUT2D eigenvalue weighted by molar-refractivity contribution is 5.90. The molecule has 14 heavy (non-hydrogen) atoms. The van der Waals surface area contributed by atoms with E-state index in [1.807, 2.05) is 20.8 Å². The van der Waals surface area contributed by atoms with E-state index in [1.165, 1.54) is 10.0 Å². The lowest BCUT2D eigenvalue weighted by Gasteiger charge is -2.36. The molecule has 1 aliphatic rings. The minimum Gasteiger partial charge on any atom is -0.273 e. The number of hydrazine groups is 1. The van der Waals surface area contributed by atoms with Crippen molar-refractivity contribution in [2.75, 3.05) is 14.1 Å². The zero-order chi connectivity index (χ0) is 11.3. The molecule has 1 saturated heterocycles. The lowest BCUT2D eigenvalue weighted by molar-refractivity contribution is -0.169. The SMILES string of the molecule is CC.CCC1CC(=O)N(C)N(C)C1=O. The van der Waals surface area contributed by atoms with E-state index in [2.05, 4.69) is 0 Å². The molecule has 0 spiro atoms. The third kappa shape index (κ3) is 2.47. The van der Waals surface area contributed by atoms with Crippen LogP contribution in [0.3, 0.4) is 0 Å². The van der Waals surface area contributed by atoms with Crippen molar-refractivity contribution in [3.05, 3.63) is 0 Å². The molecule has 0 aliphatic carbocycles. The first kappa shape index (κ1) is 12.9. The molecular weight excluding hydrogens is 180 g/mol. The van der Waals surface area contributed by atoms with Crippen molar-refractivity contribution in [1.82, 2.24) is 10.0 Å². The van der Waals surface area contributed by atoms with Gasteiger partial charge in [0.05, 0.1) is 0 Å². The van der Waals surface area contributed by atoms with E-state index in [1.54, 1.807) is 14.1 Å². The zero-order valence-electron chi connectivity index (χ0n) is 9.70. The van der Waals surface area contributed by atoms with Crippen molar-refractivity contribution in [3.8, 4) is 0 Å². The normalized spacial score (nSPS) is 21.9. The maximum atomic E-state index is 11.4. The van der Waals surface area contributed by atoms with Crippen LogP contribution in [0.5, 0.6) is 0 Å². The Bertz CT molecular complexity index is 212. The Morgan fingerprint density at radius 3 is 2.14 bits per heavy atom. The average molecular weight is 200 g/mol. The number of nitrogens with zero attached hydrogens (tertiary/aromatic N) is 2. The minimum atomic E-state index is -0.112. The number of amides is 2. The van der Waals surface area contributed by atoms with E-state index in [0.29, 0.717) is 6.42 Å². The first-order chi connectivity index (χ1) is 6.57. The summed E-state index contributed by atoms with van der Waals surface area (Å²) in [5, 5.41) is 2.76. The maximum absolute atomic E-state index is 11.4. The Morgan fingerprint density at radius 2 is 1.71 bits per heavy atom. The Morgan fingerprint density at radius 1 is 1.21 bits per heavy atom. The number of hydrogen-bond acceptors (Lipinski definition) is 2. The second-order valence-corrected chi connectivity index (χ2v) is 3.09. The van der Waals surface area contributed by atoms with Crippen LogP contribution in [0.4, 0.5) is 0 Å². The third-order valence-electron chi connectivity index (χ3n) is 2.39. The van der Waals surface area contributed by atoms with Crippen LogP contribution in [0.25, 0.3) is 0 Å². The molecule has 0 aromatic heterocycles. The van der Waals surface area contributed by atoms with E-state index in [0.717, 1.165) is 6.42 Å². The number of hydrogen-bond donors (Lipinski definition) is 0. The number of rotatable bonds is 1. The Hall–Kier alpha value is -1.06. The number of carbonyl (C=O) groups is 2. The number of carbonyl (C=O) groups excluding carboxylic acids is 2. The van der Waals surface area contributed by atoms with E-state index in [4.69, 9.17) is 0 Å². The van der Waals surface area contributed by atoms with E-state index < -0.39 is 0 Å². The molecular formula is C10H20N2O2. The topological polar surface area (TPSA) is 40.6 Å². The summed E-state index contributed by atoms with van der Waals surface area (Å²) in [7, 11) is 3.24. The fraction of sp³-hybridized carbons (Fsp3) is 0.800. The smallest absolute Gasteiger partial charge is 0.244 e. The highest BCUT2D eigenvalue weighted by Gasteiger charge is 2.33. The van der Waals surface area contributed by atoms with Gasteiger partial charge < -0.3 is 0 Å². The van der Waals surface area contributed by atoms with Crippen molar-refractivity contribution in [2.24, 2.45) is 5.92 Å². The van der Waals surface area contributed by atoms with Crippen LogP contribution in [0.15, 0.2) is 0 Å². The predicted molar refractivity (Wildman–Crippen MR) is 55.3 cm³/mol. The van der Waals surface area contributed by atoms with Gasteiger partial charge in [0.1, 0.15) is 0 Å². The molecule has 1 rings (SSSR count). The summed E-state index contributed by atoms with van der Waals surface area (Å²) in [6.07, 6.45) is 1.10. The Balaban J connectivity index is 0.000000791. The van der Waals surface area contributed by atoms with Crippen LogP contribution in [0.1, 0.15) is 33.6 Å². The van der Waals surface area contributed by atoms with E-state index in [9.17, 15) is 9.59 Å². The average Bonchev–Trinajstić information content (AvgIpc) is 2.23. The molecule has 1 atom stereocenters. The van der Waals surface area contributed by atoms with Crippen molar-refractivity contribution in [1.29, 1.82) is 0 Å². The molecule has 0 aromatic rings. The summed E-state index contributed by atoms with van der Waals surface area (Å²) >= 11 is 0. The molecule has 1 unspecified atom stereocenters. The lowest BCUT2D eigenvalue weighted by Crippen LogP contribution is -2.52. The maximum Gasteiger partial charge on any atom is 0.244 e. The van der Waals surface area contributed by atoms with Crippen molar-refractivity contribution >= 4 is 11.8 Å². The van der Waals surface area contributed by atoms with Gasteiger partial charge in [-0.05, 0) is 6.42 Å². The van der Waals surface area contributed by atoms with Gasteiger partial charge in [-0.15, -0.1) is 0 Å². The molecule has 2 amide bonds. The standard InChI is InChI=1S/C8H14N2O2.C2H6/c1-4-6-5-7(11)9(2)10(3)8(6)12;1-2/h6H,4-5H2,1-3H3;1-2H3. The van der Waals surface area contributed by atoms with Gasteiger partial charge in [0.25, 0.3) is 0 Å². The molecule has 4 heteroatoms. The monoisotopic (exact) mass is 200 g/mol. The van der Waals surface area contributed by atoms with Gasteiger partial charge in [-0.25, -0.2) is 0 Å². The first-order valence-electron chi connectivity index (χ1n) is 5.12. The van der Waals surface area contributed by atoms with Crippen LogP contribution < -0.4 is 0 Å². The largest absolute Gasteiger partial charge is 0.273 e. The summed E-state index contributed by atoms with van der Waals surface area (Å²) < 4.78 is 0. The van der Waals surface area contributed by atoms with E-state index in [-0.39, 0.29) is 17.7 Å². The van der Waals surface area contributed by atoms with Gasteiger partial charge in [0, 0.05) is 26.4 Å². The van der Waals surface area contributed by atoms with Crippen LogP contribution in [-0.2, 0) is 9.59 Å². The summed E-state index contributed by atoms with van der Waals surface area (Å²) in [4.78, 5) is 22.7. The molecule has 0 bridgehead atoms. The lowest BCUT2D eigenvalue weighted by atomic mass is 9.99. The van der Waals surface area contributed by atoms with E-state index >= 15 is 0 Å². The summed E-state index contributed by atoms with van der Waals surface area (Å²) in [6.45, 7) is 5.93. The Kier molecular flexibility index (Phi) is 5.20. The fourth-order valence-electron chi connectivity index (χ4n) is 1.33. The summed E-state index contributed by atoms with van der Waals surface area (Å²) in [6, 6.07) is 0. The van der Waals surface area contributed by atoms with Crippen LogP contribution in [0, 0.1) is 5.92 Å². The molecule has 0 radical (unpaired) electrons. The molecule has 1 fully saturated rings. The second kappa shape index (κ2) is 5.62. The zero-order valence-corrected chi connectivity index (χ0v) is 9.70. The van der Waals surface area contributed by atoms with Crippen LogP contribution in [-0.4, -0.2) is 35.9 Å². The quantitative estimate of drug-likeness (QED) is 0.639. The molecule has 1 aliphatic heterocycles. The van der Waals surface area contributed by atoms with Gasteiger partial charge in [0.15, 0.2) is 0 Å². The summed E-state index contributed by atoms with van der Waals surface area (Å²) in [5.41, 5.74) is 0. The highest BCUT2D eigenvalue weighted by atomic mass is 16.2. The van der Waals surface area contributed by atoms with Crippen LogP contribution in [0.2, 0.25) is 0 Å². The van der Waals surface area contributed by atoms with Gasteiger partial charge >= 0.3 is 0 Å². The first-order valence-corrected chi connectivity index (χ1v) is 5.12. The van der Waals surface area contributed by atoms with Crippen molar-refractivity contribution in [3.63, 3.8) is 0 Å². The highest BCUT2D eigenvalue weighted by Crippen LogP contribution is 2.19. The van der Waals surface area contributed by atoms with Gasteiger partial charge in [-0.2, -0.15) is 0 Å².